The van der Waals surface area contributed by atoms with Crippen molar-refractivity contribution in [2.75, 3.05) is 33.7 Å². The van der Waals surface area contributed by atoms with E-state index in [0.29, 0.717) is 12.5 Å². The van der Waals surface area contributed by atoms with Crippen LogP contribution in [0.1, 0.15) is 25.7 Å². The second kappa shape index (κ2) is 5.15. The number of nitrogens with zero attached hydrogens (tertiary/aromatic N) is 2. The number of carbonyl (C=O) groups excluding carboxylic acids is 1. The fourth-order valence-electron chi connectivity index (χ4n) is 2.33. The van der Waals surface area contributed by atoms with E-state index in [1.165, 1.54) is 32.4 Å². The Morgan fingerprint density at radius 2 is 2.12 bits per heavy atom. The number of amides is 1. The van der Waals surface area contributed by atoms with Crippen molar-refractivity contribution in [1.82, 2.24) is 15.1 Å². The van der Waals surface area contributed by atoms with Gasteiger partial charge in [-0.3, -0.25) is 9.69 Å². The largest absolute Gasteiger partial charge is 0.349 e. The van der Waals surface area contributed by atoms with Gasteiger partial charge >= 0.3 is 0 Å². The molecule has 1 aliphatic carbocycles. The summed E-state index contributed by atoms with van der Waals surface area (Å²) in [5, 5.41) is 3.49. The second-order valence-electron chi connectivity index (χ2n) is 5.20. The van der Waals surface area contributed by atoms with E-state index in [1.54, 1.807) is 4.90 Å². The lowest BCUT2D eigenvalue weighted by Crippen LogP contribution is -2.35. The molecule has 1 saturated carbocycles. The summed E-state index contributed by atoms with van der Waals surface area (Å²) >= 11 is 0. The predicted octanol–water partition coefficient (Wildman–Crippen LogP) is 0.291. The third-order valence-corrected chi connectivity index (χ3v) is 3.55. The number of hydrogen-bond donors (Lipinski definition) is 1. The molecule has 0 aromatic rings. The summed E-state index contributed by atoms with van der Waals surface area (Å²) in [6.45, 7) is 3.24. The Morgan fingerprint density at radius 3 is 2.75 bits per heavy atom. The smallest absolute Gasteiger partial charge is 0.223 e. The fourth-order valence-corrected chi connectivity index (χ4v) is 2.33. The van der Waals surface area contributed by atoms with Gasteiger partial charge in [-0.05, 0) is 19.3 Å². The van der Waals surface area contributed by atoms with Crippen molar-refractivity contribution in [3.63, 3.8) is 0 Å². The maximum atomic E-state index is 11.4. The summed E-state index contributed by atoms with van der Waals surface area (Å²) in [7, 11) is 3.62. The van der Waals surface area contributed by atoms with Crippen LogP contribution in [0.15, 0.2) is 0 Å². The molecule has 1 N–H and O–H groups in total. The molecular weight excluding hydrogens is 202 g/mol. The Hall–Kier alpha value is -0.610. The molecule has 4 nitrogen and oxygen atoms in total. The lowest BCUT2D eigenvalue weighted by atomic mass is 10.2. The van der Waals surface area contributed by atoms with Crippen LogP contribution >= 0.6 is 0 Å². The van der Waals surface area contributed by atoms with Gasteiger partial charge in [-0.15, -0.1) is 0 Å². The SMILES string of the molecule is CN(C)C(=O)CCNC1CCN(C2CC2)C1. The molecule has 4 heteroatoms. The zero-order chi connectivity index (χ0) is 11.5. The molecule has 0 spiro atoms. The molecule has 2 fully saturated rings. The van der Waals surface area contributed by atoms with Gasteiger partial charge in [0.2, 0.25) is 5.91 Å². The first kappa shape index (κ1) is 11.9. The number of likely N-dealkylation sites (tertiary alicyclic amines) is 1. The minimum absolute atomic E-state index is 0.213. The molecule has 16 heavy (non-hydrogen) atoms. The maximum absolute atomic E-state index is 11.4. The molecule has 1 saturated heterocycles. The zero-order valence-electron chi connectivity index (χ0n) is 10.4. The van der Waals surface area contributed by atoms with Crippen molar-refractivity contribution >= 4 is 5.91 Å². The van der Waals surface area contributed by atoms with Gasteiger partial charge in [0.05, 0.1) is 0 Å². The summed E-state index contributed by atoms with van der Waals surface area (Å²) < 4.78 is 0. The lowest BCUT2D eigenvalue weighted by molar-refractivity contribution is -0.128. The molecule has 1 heterocycles. The van der Waals surface area contributed by atoms with Gasteiger partial charge in [0.1, 0.15) is 0 Å². The Bertz CT molecular complexity index is 251. The summed E-state index contributed by atoms with van der Waals surface area (Å²) in [6.07, 6.45) is 4.65. The minimum atomic E-state index is 0.213. The van der Waals surface area contributed by atoms with Crippen LogP contribution in [0, 0.1) is 0 Å². The van der Waals surface area contributed by atoms with Crippen LogP contribution in [0.5, 0.6) is 0 Å². The average molecular weight is 225 g/mol. The first-order valence-corrected chi connectivity index (χ1v) is 6.34. The molecule has 1 aliphatic heterocycles. The van der Waals surface area contributed by atoms with E-state index >= 15 is 0 Å². The van der Waals surface area contributed by atoms with Crippen molar-refractivity contribution in [2.45, 2.75) is 37.8 Å². The van der Waals surface area contributed by atoms with Crippen LogP contribution in [-0.4, -0.2) is 61.5 Å². The third kappa shape index (κ3) is 3.19. The molecule has 1 amide bonds. The average Bonchev–Trinajstić information content (AvgIpc) is 2.99. The van der Waals surface area contributed by atoms with Crippen molar-refractivity contribution < 1.29 is 4.79 Å². The second-order valence-corrected chi connectivity index (χ2v) is 5.20. The predicted molar refractivity (Wildman–Crippen MR) is 64.3 cm³/mol. The van der Waals surface area contributed by atoms with E-state index in [2.05, 4.69) is 10.2 Å². The Morgan fingerprint density at radius 1 is 1.38 bits per heavy atom. The number of carbonyl (C=O) groups is 1. The highest BCUT2D eigenvalue weighted by Gasteiger charge is 2.33. The summed E-state index contributed by atoms with van der Waals surface area (Å²) in [5.41, 5.74) is 0. The van der Waals surface area contributed by atoms with Crippen LogP contribution in [0.4, 0.5) is 0 Å². The van der Waals surface area contributed by atoms with Gasteiger partial charge in [-0.25, -0.2) is 0 Å². The van der Waals surface area contributed by atoms with Crippen LogP contribution in [0.25, 0.3) is 0 Å². The minimum Gasteiger partial charge on any atom is -0.349 e. The van der Waals surface area contributed by atoms with E-state index < -0.39 is 0 Å². The van der Waals surface area contributed by atoms with Gasteiger partial charge in [0, 0.05) is 52.2 Å². The van der Waals surface area contributed by atoms with Crippen molar-refractivity contribution in [3.05, 3.63) is 0 Å². The molecule has 2 rings (SSSR count). The van der Waals surface area contributed by atoms with Crippen LogP contribution in [-0.2, 0) is 4.79 Å². The first-order valence-electron chi connectivity index (χ1n) is 6.34. The van der Waals surface area contributed by atoms with E-state index in [-0.39, 0.29) is 5.91 Å². The Balaban J connectivity index is 1.58. The molecule has 1 unspecified atom stereocenters. The molecule has 0 aromatic heterocycles. The van der Waals surface area contributed by atoms with Crippen LogP contribution in [0.2, 0.25) is 0 Å². The Kier molecular flexibility index (Phi) is 3.82. The van der Waals surface area contributed by atoms with Gasteiger partial charge in [0.25, 0.3) is 0 Å². The molecule has 0 radical (unpaired) electrons. The number of rotatable bonds is 5. The first-order chi connectivity index (χ1) is 7.66. The zero-order valence-corrected chi connectivity index (χ0v) is 10.4. The molecular formula is C12H23N3O. The topological polar surface area (TPSA) is 35.6 Å². The highest BCUT2D eigenvalue weighted by Crippen LogP contribution is 2.29. The third-order valence-electron chi connectivity index (χ3n) is 3.55. The molecule has 2 aliphatic rings. The van der Waals surface area contributed by atoms with Crippen LogP contribution < -0.4 is 5.32 Å². The lowest BCUT2D eigenvalue weighted by Gasteiger charge is -2.16. The highest BCUT2D eigenvalue weighted by molar-refractivity contribution is 5.75. The van der Waals surface area contributed by atoms with Gasteiger partial charge < -0.3 is 10.2 Å². The van der Waals surface area contributed by atoms with E-state index in [4.69, 9.17) is 0 Å². The van der Waals surface area contributed by atoms with Gasteiger partial charge in [-0.1, -0.05) is 0 Å². The quantitative estimate of drug-likeness (QED) is 0.730. The summed E-state index contributed by atoms with van der Waals surface area (Å²) in [6, 6.07) is 1.49. The normalized spacial score (nSPS) is 26.0. The van der Waals surface area contributed by atoms with Crippen LogP contribution in [0.3, 0.4) is 0 Å². The Labute approximate surface area is 98.0 Å². The standard InChI is InChI=1S/C12H23N3O/c1-14(2)12(16)5-7-13-10-6-8-15(9-10)11-3-4-11/h10-11,13H,3-9H2,1-2H3. The fraction of sp³-hybridized carbons (Fsp3) is 0.917. The number of hydrogen-bond acceptors (Lipinski definition) is 3. The van der Waals surface area contributed by atoms with Crippen molar-refractivity contribution in [2.24, 2.45) is 0 Å². The maximum Gasteiger partial charge on any atom is 0.223 e. The molecule has 1 atom stereocenters. The van der Waals surface area contributed by atoms with E-state index in [9.17, 15) is 4.79 Å². The summed E-state index contributed by atoms with van der Waals surface area (Å²) in [5.74, 6) is 0.213. The summed E-state index contributed by atoms with van der Waals surface area (Å²) in [4.78, 5) is 15.6. The van der Waals surface area contributed by atoms with Crippen molar-refractivity contribution in [3.8, 4) is 0 Å². The van der Waals surface area contributed by atoms with Gasteiger partial charge in [0.15, 0.2) is 0 Å². The molecule has 0 bridgehead atoms. The number of nitrogens with one attached hydrogen (secondary N) is 1. The molecule has 92 valence electrons. The van der Waals surface area contributed by atoms with Crippen molar-refractivity contribution in [1.29, 1.82) is 0 Å². The van der Waals surface area contributed by atoms with E-state index in [1.807, 2.05) is 14.1 Å². The van der Waals surface area contributed by atoms with E-state index in [0.717, 1.165) is 12.6 Å². The monoisotopic (exact) mass is 225 g/mol. The molecule has 0 aromatic carbocycles. The highest BCUT2D eigenvalue weighted by atomic mass is 16.2. The van der Waals surface area contributed by atoms with Gasteiger partial charge in [-0.2, -0.15) is 0 Å².